The lowest BCUT2D eigenvalue weighted by Gasteiger charge is -2.11. The Bertz CT molecular complexity index is 629. The number of anilines is 2. The molecule has 1 amide bonds. The van der Waals surface area contributed by atoms with Gasteiger partial charge < -0.3 is 15.8 Å². The summed E-state index contributed by atoms with van der Waals surface area (Å²) in [5, 5.41) is 3.18. The second kappa shape index (κ2) is 6.41. The van der Waals surface area contributed by atoms with Crippen LogP contribution in [0.15, 0.2) is 42.5 Å². The molecule has 0 saturated carbocycles. The molecule has 0 fully saturated rings. The highest BCUT2D eigenvalue weighted by molar-refractivity contribution is 6.34. The molecule has 0 radical (unpaired) electrons. The monoisotopic (exact) mass is 290 g/mol. The fraction of sp³-hybridized carbons (Fsp3) is 0.133. The van der Waals surface area contributed by atoms with Crippen LogP contribution >= 0.6 is 11.6 Å². The zero-order valence-corrected chi connectivity index (χ0v) is 11.8. The number of ether oxygens (including phenoxy) is 1. The average Bonchev–Trinajstić information content (AvgIpc) is 2.44. The SMILES string of the molecule is COCc1ccccc1NC(=O)c1cc(N)ccc1Cl. The van der Waals surface area contributed by atoms with Gasteiger partial charge in [0.2, 0.25) is 0 Å². The molecule has 0 aliphatic heterocycles. The highest BCUT2D eigenvalue weighted by atomic mass is 35.5. The van der Waals surface area contributed by atoms with Crippen molar-refractivity contribution in [2.75, 3.05) is 18.2 Å². The van der Waals surface area contributed by atoms with Crippen LogP contribution in [-0.2, 0) is 11.3 Å². The van der Waals surface area contributed by atoms with E-state index >= 15 is 0 Å². The second-order valence-electron chi connectivity index (χ2n) is 4.28. The molecule has 0 aliphatic carbocycles. The molecule has 4 nitrogen and oxygen atoms in total. The van der Waals surface area contributed by atoms with Crippen LogP contribution in [0, 0.1) is 0 Å². The van der Waals surface area contributed by atoms with Crippen LogP contribution in [0.3, 0.4) is 0 Å². The molecule has 0 unspecified atom stereocenters. The summed E-state index contributed by atoms with van der Waals surface area (Å²) >= 11 is 6.02. The summed E-state index contributed by atoms with van der Waals surface area (Å²) in [5.41, 5.74) is 8.10. The van der Waals surface area contributed by atoms with Crippen LogP contribution in [0.1, 0.15) is 15.9 Å². The van der Waals surface area contributed by atoms with Gasteiger partial charge in [-0.05, 0) is 24.3 Å². The highest BCUT2D eigenvalue weighted by Gasteiger charge is 2.12. The first-order valence-corrected chi connectivity index (χ1v) is 6.43. The van der Waals surface area contributed by atoms with Crippen molar-refractivity contribution in [2.24, 2.45) is 0 Å². The number of methoxy groups -OCH3 is 1. The van der Waals surface area contributed by atoms with Crippen LogP contribution < -0.4 is 11.1 Å². The van der Waals surface area contributed by atoms with Crippen molar-refractivity contribution in [3.05, 3.63) is 58.6 Å². The van der Waals surface area contributed by atoms with E-state index in [2.05, 4.69) is 5.32 Å². The van der Waals surface area contributed by atoms with Gasteiger partial charge in [0.25, 0.3) is 5.91 Å². The second-order valence-corrected chi connectivity index (χ2v) is 4.69. The molecule has 2 rings (SSSR count). The van der Waals surface area contributed by atoms with Crippen molar-refractivity contribution in [2.45, 2.75) is 6.61 Å². The molecule has 0 aromatic heterocycles. The van der Waals surface area contributed by atoms with Gasteiger partial charge in [-0.25, -0.2) is 0 Å². The minimum atomic E-state index is -0.300. The Morgan fingerprint density at radius 2 is 2.05 bits per heavy atom. The first kappa shape index (κ1) is 14.4. The van der Waals surface area contributed by atoms with Crippen LogP contribution in [0.25, 0.3) is 0 Å². The molecule has 2 aromatic carbocycles. The molecule has 5 heteroatoms. The number of benzene rings is 2. The minimum Gasteiger partial charge on any atom is -0.399 e. The van der Waals surface area contributed by atoms with Crippen molar-refractivity contribution in [3.63, 3.8) is 0 Å². The third-order valence-electron chi connectivity index (χ3n) is 2.80. The van der Waals surface area contributed by atoms with E-state index in [-0.39, 0.29) is 5.91 Å². The van der Waals surface area contributed by atoms with Gasteiger partial charge in [-0.15, -0.1) is 0 Å². The number of carbonyl (C=O) groups excluding carboxylic acids is 1. The van der Waals surface area contributed by atoms with Crippen LogP contribution in [0.4, 0.5) is 11.4 Å². The smallest absolute Gasteiger partial charge is 0.257 e. The summed E-state index contributed by atoms with van der Waals surface area (Å²) < 4.78 is 5.10. The van der Waals surface area contributed by atoms with Crippen molar-refractivity contribution in [1.82, 2.24) is 0 Å². The highest BCUT2D eigenvalue weighted by Crippen LogP contribution is 2.22. The third-order valence-corrected chi connectivity index (χ3v) is 3.13. The summed E-state index contributed by atoms with van der Waals surface area (Å²) in [5.74, 6) is -0.300. The Labute approximate surface area is 122 Å². The lowest BCUT2D eigenvalue weighted by molar-refractivity contribution is 0.102. The number of para-hydroxylation sites is 1. The lowest BCUT2D eigenvalue weighted by atomic mass is 10.1. The molecular weight excluding hydrogens is 276 g/mol. The molecule has 0 aliphatic rings. The van der Waals surface area contributed by atoms with Gasteiger partial charge in [-0.1, -0.05) is 29.8 Å². The quantitative estimate of drug-likeness (QED) is 0.849. The maximum absolute atomic E-state index is 12.3. The van der Waals surface area contributed by atoms with Crippen LogP contribution in [0.2, 0.25) is 5.02 Å². The number of rotatable bonds is 4. The van der Waals surface area contributed by atoms with Crippen molar-refractivity contribution >= 4 is 28.9 Å². The molecule has 20 heavy (non-hydrogen) atoms. The van der Waals surface area contributed by atoms with Gasteiger partial charge >= 0.3 is 0 Å². The summed E-state index contributed by atoms with van der Waals surface area (Å²) in [6.07, 6.45) is 0. The van der Waals surface area contributed by atoms with Gasteiger partial charge in [-0.2, -0.15) is 0 Å². The van der Waals surface area contributed by atoms with E-state index in [4.69, 9.17) is 22.1 Å². The standard InChI is InChI=1S/C15H15ClN2O2/c1-20-9-10-4-2-3-5-14(10)18-15(19)12-8-11(17)6-7-13(12)16/h2-8H,9,17H2,1H3,(H,18,19). The molecule has 0 saturated heterocycles. The van der Waals surface area contributed by atoms with E-state index in [0.29, 0.717) is 28.6 Å². The maximum atomic E-state index is 12.3. The van der Waals surface area contributed by atoms with E-state index < -0.39 is 0 Å². The van der Waals surface area contributed by atoms with Gasteiger partial charge in [0.05, 0.1) is 17.2 Å². The molecule has 3 N–H and O–H groups in total. The first-order valence-electron chi connectivity index (χ1n) is 6.05. The Morgan fingerprint density at radius 1 is 1.30 bits per heavy atom. The lowest BCUT2D eigenvalue weighted by Crippen LogP contribution is -2.14. The van der Waals surface area contributed by atoms with Crippen molar-refractivity contribution < 1.29 is 9.53 Å². The molecule has 0 bridgehead atoms. The molecule has 2 aromatic rings. The Balaban J connectivity index is 2.26. The molecule has 104 valence electrons. The van der Waals surface area contributed by atoms with Crippen molar-refractivity contribution in [3.8, 4) is 0 Å². The molecular formula is C15H15ClN2O2. The fourth-order valence-corrected chi connectivity index (χ4v) is 2.03. The summed E-state index contributed by atoms with van der Waals surface area (Å²) in [7, 11) is 1.60. The number of nitrogens with two attached hydrogens (primary N) is 1. The van der Waals surface area contributed by atoms with E-state index in [1.807, 2.05) is 24.3 Å². The number of hydrogen-bond acceptors (Lipinski definition) is 3. The zero-order valence-electron chi connectivity index (χ0n) is 11.0. The van der Waals surface area contributed by atoms with Crippen LogP contribution in [-0.4, -0.2) is 13.0 Å². The predicted octanol–water partition coefficient (Wildman–Crippen LogP) is 3.32. The van der Waals surface area contributed by atoms with E-state index in [0.717, 1.165) is 5.56 Å². The summed E-state index contributed by atoms with van der Waals surface area (Å²) in [4.78, 5) is 12.3. The number of nitrogen functional groups attached to an aromatic ring is 1. The van der Waals surface area contributed by atoms with E-state index in [1.165, 1.54) is 0 Å². The topological polar surface area (TPSA) is 64.3 Å². The number of amides is 1. The average molecular weight is 291 g/mol. The third kappa shape index (κ3) is 3.29. The number of hydrogen-bond donors (Lipinski definition) is 2. The van der Waals surface area contributed by atoms with Gasteiger partial charge in [0, 0.05) is 24.0 Å². The largest absolute Gasteiger partial charge is 0.399 e. The summed E-state index contributed by atoms with van der Waals surface area (Å²) in [6, 6.07) is 12.2. The maximum Gasteiger partial charge on any atom is 0.257 e. The first-order chi connectivity index (χ1) is 9.61. The van der Waals surface area contributed by atoms with Crippen molar-refractivity contribution in [1.29, 1.82) is 0 Å². The minimum absolute atomic E-state index is 0.300. The van der Waals surface area contributed by atoms with Gasteiger partial charge in [-0.3, -0.25) is 4.79 Å². The van der Waals surface area contributed by atoms with Crippen LogP contribution in [0.5, 0.6) is 0 Å². The van der Waals surface area contributed by atoms with Gasteiger partial charge in [0.15, 0.2) is 0 Å². The normalized spacial score (nSPS) is 10.3. The van der Waals surface area contributed by atoms with E-state index in [9.17, 15) is 4.79 Å². The molecule has 0 atom stereocenters. The Hall–Kier alpha value is -2.04. The summed E-state index contributed by atoms with van der Waals surface area (Å²) in [6.45, 7) is 0.418. The fourth-order valence-electron chi connectivity index (χ4n) is 1.83. The number of nitrogens with one attached hydrogen (secondary N) is 1. The van der Waals surface area contributed by atoms with E-state index in [1.54, 1.807) is 25.3 Å². The number of halogens is 1. The number of carbonyl (C=O) groups is 1. The zero-order chi connectivity index (χ0) is 14.5. The Kier molecular flexibility index (Phi) is 4.61. The predicted molar refractivity (Wildman–Crippen MR) is 81.0 cm³/mol. The molecule has 0 heterocycles. The Morgan fingerprint density at radius 3 is 2.80 bits per heavy atom. The molecule has 0 spiro atoms. The van der Waals surface area contributed by atoms with Gasteiger partial charge in [0.1, 0.15) is 0 Å².